The molecule has 7 heteroatoms. The molecule has 0 bridgehead atoms. The van der Waals surface area contributed by atoms with Gasteiger partial charge < -0.3 is 10.2 Å². The smallest absolute Gasteiger partial charge is 0.371 e. The van der Waals surface area contributed by atoms with Crippen molar-refractivity contribution in [3.63, 3.8) is 0 Å². The quantitative estimate of drug-likeness (QED) is 0.797. The zero-order valence-corrected chi connectivity index (χ0v) is 13.3. The number of nitrogens with zero attached hydrogens (tertiary/aromatic N) is 1. The standard InChI is InChI=1S/C17H21F5N2/c18-16(19)3-7-24(8-4-16)15-10-13(12-1-5-23-6-2-12)9-14(11-15)17(20,21)22/h9-12,23H,1-8H2. The Labute approximate surface area is 138 Å². The molecule has 0 atom stereocenters. The lowest BCUT2D eigenvalue weighted by atomic mass is 9.88. The van der Waals surface area contributed by atoms with E-state index in [1.807, 2.05) is 0 Å². The predicted octanol–water partition coefficient (Wildman–Crippen LogP) is 4.41. The first-order chi connectivity index (χ1) is 11.2. The number of hydrogen-bond donors (Lipinski definition) is 1. The molecule has 0 radical (unpaired) electrons. The normalized spacial score (nSPS) is 22.6. The summed E-state index contributed by atoms with van der Waals surface area (Å²) in [4.78, 5) is 1.65. The molecule has 24 heavy (non-hydrogen) atoms. The van der Waals surface area contributed by atoms with Crippen molar-refractivity contribution in [1.82, 2.24) is 5.32 Å². The van der Waals surface area contributed by atoms with Crippen molar-refractivity contribution >= 4 is 5.69 Å². The van der Waals surface area contributed by atoms with Gasteiger partial charge in [0.1, 0.15) is 0 Å². The summed E-state index contributed by atoms with van der Waals surface area (Å²) >= 11 is 0. The first kappa shape index (κ1) is 17.5. The number of benzene rings is 1. The zero-order chi connectivity index (χ0) is 17.4. The molecule has 1 aromatic rings. The largest absolute Gasteiger partial charge is 0.416 e. The number of nitrogens with one attached hydrogen (secondary N) is 1. The molecule has 1 aromatic carbocycles. The van der Waals surface area contributed by atoms with Crippen LogP contribution in [0.4, 0.5) is 27.6 Å². The molecule has 2 heterocycles. The van der Waals surface area contributed by atoms with Crippen LogP contribution in [0.15, 0.2) is 18.2 Å². The second-order valence-electron chi connectivity index (χ2n) is 6.68. The van der Waals surface area contributed by atoms with Crippen molar-refractivity contribution in [1.29, 1.82) is 0 Å². The summed E-state index contributed by atoms with van der Waals surface area (Å²) < 4.78 is 66.4. The van der Waals surface area contributed by atoms with Gasteiger partial charge in [-0.1, -0.05) is 0 Å². The molecule has 2 fully saturated rings. The first-order valence-electron chi connectivity index (χ1n) is 8.30. The van der Waals surface area contributed by atoms with Crippen molar-refractivity contribution in [2.24, 2.45) is 0 Å². The van der Waals surface area contributed by atoms with Crippen LogP contribution in [0, 0.1) is 0 Å². The maximum atomic E-state index is 13.3. The summed E-state index contributed by atoms with van der Waals surface area (Å²) in [6, 6.07) is 4.07. The summed E-state index contributed by atoms with van der Waals surface area (Å²) in [6.45, 7) is 1.73. The molecule has 1 N–H and O–H groups in total. The monoisotopic (exact) mass is 348 g/mol. The lowest BCUT2D eigenvalue weighted by molar-refractivity contribution is -0.137. The number of hydrogen-bond acceptors (Lipinski definition) is 2. The predicted molar refractivity (Wildman–Crippen MR) is 82.7 cm³/mol. The van der Waals surface area contributed by atoms with Gasteiger partial charge >= 0.3 is 6.18 Å². The van der Waals surface area contributed by atoms with Crippen LogP contribution in [-0.2, 0) is 6.18 Å². The van der Waals surface area contributed by atoms with Gasteiger partial charge in [-0.25, -0.2) is 8.78 Å². The highest BCUT2D eigenvalue weighted by Crippen LogP contribution is 2.38. The Kier molecular flexibility index (Phi) is 4.73. The van der Waals surface area contributed by atoms with Crippen LogP contribution in [-0.4, -0.2) is 32.1 Å². The third-order valence-electron chi connectivity index (χ3n) is 4.94. The van der Waals surface area contributed by atoms with Crippen molar-refractivity contribution < 1.29 is 22.0 Å². The van der Waals surface area contributed by atoms with E-state index in [4.69, 9.17) is 0 Å². The fraction of sp³-hybridized carbons (Fsp3) is 0.647. The molecule has 2 aliphatic heterocycles. The molecule has 2 nitrogen and oxygen atoms in total. The molecule has 134 valence electrons. The summed E-state index contributed by atoms with van der Waals surface area (Å²) in [6.07, 6.45) is -3.48. The second kappa shape index (κ2) is 6.50. The number of piperidine rings is 2. The Bertz CT molecular complexity index is 569. The van der Waals surface area contributed by atoms with Crippen molar-refractivity contribution in [2.45, 2.75) is 43.7 Å². The van der Waals surface area contributed by atoms with Gasteiger partial charge in [-0.05, 0) is 55.6 Å². The average molecular weight is 348 g/mol. The topological polar surface area (TPSA) is 15.3 Å². The van der Waals surface area contributed by atoms with Gasteiger partial charge in [-0.2, -0.15) is 13.2 Å². The molecule has 3 rings (SSSR count). The van der Waals surface area contributed by atoms with E-state index >= 15 is 0 Å². The molecular formula is C17H21F5N2. The summed E-state index contributed by atoms with van der Waals surface area (Å²) in [5, 5.41) is 3.20. The van der Waals surface area contributed by atoms with Gasteiger partial charge in [0.2, 0.25) is 0 Å². The molecule has 0 amide bonds. The van der Waals surface area contributed by atoms with Crippen LogP contribution in [0.5, 0.6) is 0 Å². The highest BCUT2D eigenvalue weighted by atomic mass is 19.4. The van der Waals surface area contributed by atoms with Crippen LogP contribution in [0.1, 0.15) is 42.7 Å². The molecule has 2 saturated heterocycles. The molecule has 0 aromatic heterocycles. The minimum absolute atomic E-state index is 0.0820. The van der Waals surface area contributed by atoms with E-state index in [2.05, 4.69) is 5.32 Å². The van der Waals surface area contributed by atoms with E-state index in [0.29, 0.717) is 11.3 Å². The number of halogens is 5. The van der Waals surface area contributed by atoms with Gasteiger partial charge in [0, 0.05) is 31.6 Å². The number of anilines is 1. The second-order valence-corrected chi connectivity index (χ2v) is 6.68. The Balaban J connectivity index is 1.90. The summed E-state index contributed by atoms with van der Waals surface area (Å²) in [7, 11) is 0. The van der Waals surface area contributed by atoms with Crippen molar-refractivity contribution in [3.8, 4) is 0 Å². The Morgan fingerprint density at radius 1 is 1.00 bits per heavy atom. The fourth-order valence-corrected chi connectivity index (χ4v) is 3.46. The van der Waals surface area contributed by atoms with E-state index in [9.17, 15) is 22.0 Å². The molecule has 0 unspecified atom stereocenters. The van der Waals surface area contributed by atoms with Crippen LogP contribution >= 0.6 is 0 Å². The Hall–Kier alpha value is -1.37. The molecule has 2 aliphatic rings. The Morgan fingerprint density at radius 3 is 2.21 bits per heavy atom. The molecular weight excluding hydrogens is 327 g/mol. The van der Waals surface area contributed by atoms with E-state index in [1.54, 1.807) is 11.0 Å². The maximum absolute atomic E-state index is 13.3. The first-order valence-corrected chi connectivity index (χ1v) is 8.30. The van der Waals surface area contributed by atoms with Gasteiger partial charge in [-0.15, -0.1) is 0 Å². The van der Waals surface area contributed by atoms with E-state index in [-0.39, 0.29) is 31.8 Å². The third-order valence-corrected chi connectivity index (χ3v) is 4.94. The molecule has 0 spiro atoms. The van der Waals surface area contributed by atoms with Gasteiger partial charge in [-0.3, -0.25) is 0 Å². The van der Waals surface area contributed by atoms with Crippen LogP contribution < -0.4 is 10.2 Å². The fourth-order valence-electron chi connectivity index (χ4n) is 3.46. The lowest BCUT2D eigenvalue weighted by Crippen LogP contribution is -2.39. The SMILES string of the molecule is FC1(F)CCN(c2cc(C3CCNCC3)cc(C(F)(F)F)c2)CC1. The summed E-state index contributed by atoms with van der Waals surface area (Å²) in [5.41, 5.74) is 0.387. The number of alkyl halides is 5. The van der Waals surface area contributed by atoms with Gasteiger partial charge in [0.05, 0.1) is 5.56 Å². The van der Waals surface area contributed by atoms with E-state index < -0.39 is 17.7 Å². The third kappa shape index (κ3) is 3.99. The van der Waals surface area contributed by atoms with E-state index in [1.165, 1.54) is 6.07 Å². The zero-order valence-electron chi connectivity index (χ0n) is 13.3. The number of rotatable bonds is 2. The lowest BCUT2D eigenvalue weighted by Gasteiger charge is -2.34. The van der Waals surface area contributed by atoms with Crippen LogP contribution in [0.25, 0.3) is 0 Å². The maximum Gasteiger partial charge on any atom is 0.416 e. The van der Waals surface area contributed by atoms with Crippen molar-refractivity contribution in [3.05, 3.63) is 29.3 Å². The highest BCUT2D eigenvalue weighted by Gasteiger charge is 2.36. The minimum atomic E-state index is -4.43. The van der Waals surface area contributed by atoms with Crippen molar-refractivity contribution in [2.75, 3.05) is 31.1 Å². The van der Waals surface area contributed by atoms with Crippen LogP contribution in [0.2, 0.25) is 0 Å². The van der Waals surface area contributed by atoms with E-state index in [0.717, 1.165) is 32.0 Å². The summed E-state index contributed by atoms with van der Waals surface area (Å²) in [5.74, 6) is -2.63. The van der Waals surface area contributed by atoms with Gasteiger partial charge in [0.25, 0.3) is 5.92 Å². The molecule has 0 aliphatic carbocycles. The van der Waals surface area contributed by atoms with Crippen LogP contribution in [0.3, 0.4) is 0 Å². The minimum Gasteiger partial charge on any atom is -0.371 e. The molecule has 0 saturated carbocycles. The van der Waals surface area contributed by atoms with Gasteiger partial charge in [0.15, 0.2) is 0 Å². The Morgan fingerprint density at radius 2 is 1.62 bits per heavy atom. The highest BCUT2D eigenvalue weighted by molar-refractivity contribution is 5.53. The average Bonchev–Trinajstić information content (AvgIpc) is 2.54.